The van der Waals surface area contributed by atoms with E-state index >= 15 is 0 Å². The van der Waals surface area contributed by atoms with E-state index in [0.29, 0.717) is 5.92 Å². The number of hydrogen-bond donors (Lipinski definition) is 1. The molecule has 0 spiro atoms. The smallest absolute Gasteiger partial charge is 0.130 e. The minimum Gasteiger partial charge on any atom is -0.357 e. The molecule has 0 saturated carbocycles. The summed E-state index contributed by atoms with van der Waals surface area (Å²) in [7, 11) is 2.03. The molecule has 4 nitrogen and oxygen atoms in total. The molecule has 0 aliphatic carbocycles. The first-order valence-corrected chi connectivity index (χ1v) is 7.43. The van der Waals surface area contributed by atoms with E-state index in [0.717, 1.165) is 31.6 Å². The predicted molar refractivity (Wildman–Crippen MR) is 82.6 cm³/mol. The van der Waals surface area contributed by atoms with E-state index in [1.165, 1.54) is 11.4 Å². The molecule has 0 amide bonds. The molecule has 0 fully saturated rings. The minimum absolute atomic E-state index is 0.222. The summed E-state index contributed by atoms with van der Waals surface area (Å²) < 4.78 is 2.01. The standard InChI is InChI=1S/C15H30N4/c1-7-13(16)9-14-12(5)17-18(6)15(14)19(8-2)10-11(3)4/h11,13H,7-10,16H2,1-6H3. The fourth-order valence-electron chi connectivity index (χ4n) is 2.54. The van der Waals surface area contributed by atoms with Crippen LogP contribution < -0.4 is 10.6 Å². The summed E-state index contributed by atoms with van der Waals surface area (Å²) in [6.07, 6.45) is 1.92. The quantitative estimate of drug-likeness (QED) is 0.825. The molecule has 1 heterocycles. The maximum Gasteiger partial charge on any atom is 0.130 e. The van der Waals surface area contributed by atoms with Crippen molar-refractivity contribution in [2.24, 2.45) is 18.7 Å². The monoisotopic (exact) mass is 266 g/mol. The molecule has 0 saturated heterocycles. The van der Waals surface area contributed by atoms with Crippen LogP contribution in [0, 0.1) is 12.8 Å². The van der Waals surface area contributed by atoms with Crippen molar-refractivity contribution in [3.63, 3.8) is 0 Å². The minimum atomic E-state index is 0.222. The number of aromatic nitrogens is 2. The molecule has 19 heavy (non-hydrogen) atoms. The molecular weight excluding hydrogens is 236 g/mol. The van der Waals surface area contributed by atoms with Gasteiger partial charge in [-0.2, -0.15) is 5.10 Å². The van der Waals surface area contributed by atoms with Gasteiger partial charge in [0.25, 0.3) is 0 Å². The van der Waals surface area contributed by atoms with Crippen molar-refractivity contribution in [2.75, 3.05) is 18.0 Å². The number of nitrogens with two attached hydrogens (primary N) is 1. The van der Waals surface area contributed by atoms with Crippen molar-refractivity contribution in [3.8, 4) is 0 Å². The lowest BCUT2D eigenvalue weighted by Gasteiger charge is -2.27. The van der Waals surface area contributed by atoms with Gasteiger partial charge in [0.15, 0.2) is 0 Å². The average Bonchev–Trinajstić information content (AvgIpc) is 2.61. The Hall–Kier alpha value is -1.03. The van der Waals surface area contributed by atoms with Crippen molar-refractivity contribution < 1.29 is 0 Å². The Morgan fingerprint density at radius 3 is 2.42 bits per heavy atom. The summed E-state index contributed by atoms with van der Waals surface area (Å²) in [6.45, 7) is 13.0. The van der Waals surface area contributed by atoms with Crippen molar-refractivity contribution in [1.29, 1.82) is 0 Å². The molecule has 2 N–H and O–H groups in total. The highest BCUT2D eigenvalue weighted by molar-refractivity contribution is 5.50. The molecule has 0 aliphatic rings. The second-order valence-electron chi connectivity index (χ2n) is 5.82. The molecule has 1 aromatic heterocycles. The Bertz CT molecular complexity index is 395. The molecule has 0 aromatic carbocycles. The van der Waals surface area contributed by atoms with Crippen LogP contribution in [-0.2, 0) is 13.5 Å². The average molecular weight is 266 g/mol. The zero-order chi connectivity index (χ0) is 14.6. The van der Waals surface area contributed by atoms with Gasteiger partial charge in [0, 0.05) is 31.7 Å². The molecule has 1 unspecified atom stereocenters. The fourth-order valence-corrected chi connectivity index (χ4v) is 2.54. The Labute approximate surface area is 118 Å². The van der Waals surface area contributed by atoms with Crippen LogP contribution in [0.2, 0.25) is 0 Å². The van der Waals surface area contributed by atoms with E-state index in [1.54, 1.807) is 0 Å². The van der Waals surface area contributed by atoms with Crippen LogP contribution in [0.5, 0.6) is 0 Å². The lowest BCUT2D eigenvalue weighted by Crippen LogP contribution is -2.31. The van der Waals surface area contributed by atoms with E-state index in [9.17, 15) is 0 Å². The maximum atomic E-state index is 6.14. The summed E-state index contributed by atoms with van der Waals surface area (Å²) in [6, 6.07) is 0.222. The van der Waals surface area contributed by atoms with E-state index in [1.807, 2.05) is 11.7 Å². The zero-order valence-electron chi connectivity index (χ0n) is 13.4. The molecule has 1 aromatic rings. The summed E-state index contributed by atoms with van der Waals surface area (Å²) in [5.41, 5.74) is 8.57. The van der Waals surface area contributed by atoms with Crippen LogP contribution in [0.1, 0.15) is 45.4 Å². The highest BCUT2D eigenvalue weighted by Gasteiger charge is 2.20. The summed E-state index contributed by atoms with van der Waals surface area (Å²) in [4.78, 5) is 2.42. The van der Waals surface area contributed by atoms with Crippen molar-refractivity contribution in [2.45, 2.75) is 53.5 Å². The Balaban J connectivity index is 3.09. The van der Waals surface area contributed by atoms with Gasteiger partial charge in [-0.1, -0.05) is 20.8 Å². The number of anilines is 1. The number of rotatable bonds is 7. The Morgan fingerprint density at radius 2 is 1.95 bits per heavy atom. The molecule has 0 aliphatic heterocycles. The van der Waals surface area contributed by atoms with Gasteiger partial charge in [-0.15, -0.1) is 0 Å². The molecule has 110 valence electrons. The Morgan fingerprint density at radius 1 is 1.32 bits per heavy atom. The van der Waals surface area contributed by atoms with Gasteiger partial charge < -0.3 is 10.6 Å². The first-order valence-electron chi connectivity index (χ1n) is 7.43. The third-order valence-electron chi connectivity index (χ3n) is 3.57. The number of hydrogen-bond acceptors (Lipinski definition) is 3. The third-order valence-corrected chi connectivity index (χ3v) is 3.57. The molecule has 1 rings (SSSR count). The van der Waals surface area contributed by atoms with E-state index < -0.39 is 0 Å². The van der Waals surface area contributed by atoms with Crippen LogP contribution in [0.25, 0.3) is 0 Å². The SMILES string of the molecule is CCC(N)Cc1c(C)nn(C)c1N(CC)CC(C)C. The van der Waals surface area contributed by atoms with Crippen LogP contribution in [-0.4, -0.2) is 28.9 Å². The second kappa shape index (κ2) is 6.94. The highest BCUT2D eigenvalue weighted by Crippen LogP contribution is 2.25. The van der Waals surface area contributed by atoms with Crippen molar-refractivity contribution in [3.05, 3.63) is 11.3 Å². The van der Waals surface area contributed by atoms with Crippen LogP contribution in [0.4, 0.5) is 5.82 Å². The number of aryl methyl sites for hydroxylation is 2. The summed E-state index contributed by atoms with van der Waals surface area (Å²) in [5, 5.41) is 4.59. The molecule has 4 heteroatoms. The normalized spacial score (nSPS) is 13.1. The first kappa shape index (κ1) is 16.0. The largest absolute Gasteiger partial charge is 0.357 e. The molecular formula is C15H30N4. The van der Waals surface area contributed by atoms with Gasteiger partial charge >= 0.3 is 0 Å². The highest BCUT2D eigenvalue weighted by atomic mass is 15.4. The fraction of sp³-hybridized carbons (Fsp3) is 0.800. The molecule has 1 atom stereocenters. The third kappa shape index (κ3) is 3.96. The molecule has 0 radical (unpaired) electrons. The van der Waals surface area contributed by atoms with Gasteiger partial charge in [-0.3, -0.25) is 4.68 Å². The van der Waals surface area contributed by atoms with E-state index in [2.05, 4.69) is 44.6 Å². The zero-order valence-corrected chi connectivity index (χ0v) is 13.4. The van der Waals surface area contributed by atoms with Crippen LogP contribution >= 0.6 is 0 Å². The van der Waals surface area contributed by atoms with E-state index in [-0.39, 0.29) is 6.04 Å². The van der Waals surface area contributed by atoms with Crippen molar-refractivity contribution in [1.82, 2.24) is 9.78 Å². The summed E-state index contributed by atoms with van der Waals surface area (Å²) in [5.74, 6) is 1.89. The first-order chi connectivity index (χ1) is 8.90. The topological polar surface area (TPSA) is 47.1 Å². The van der Waals surface area contributed by atoms with Crippen LogP contribution in [0.15, 0.2) is 0 Å². The van der Waals surface area contributed by atoms with Gasteiger partial charge in [0.2, 0.25) is 0 Å². The Kier molecular flexibility index (Phi) is 5.85. The predicted octanol–water partition coefficient (Wildman–Crippen LogP) is 2.49. The van der Waals surface area contributed by atoms with Gasteiger partial charge in [-0.25, -0.2) is 0 Å². The lowest BCUT2D eigenvalue weighted by atomic mass is 10.0. The number of nitrogens with zero attached hydrogens (tertiary/aromatic N) is 3. The lowest BCUT2D eigenvalue weighted by molar-refractivity contribution is 0.594. The van der Waals surface area contributed by atoms with Gasteiger partial charge in [0.05, 0.1) is 5.69 Å². The maximum absolute atomic E-state index is 6.14. The van der Waals surface area contributed by atoms with Crippen LogP contribution in [0.3, 0.4) is 0 Å². The summed E-state index contributed by atoms with van der Waals surface area (Å²) >= 11 is 0. The van der Waals surface area contributed by atoms with Gasteiger partial charge in [0.1, 0.15) is 5.82 Å². The van der Waals surface area contributed by atoms with Gasteiger partial charge in [-0.05, 0) is 32.6 Å². The van der Waals surface area contributed by atoms with Crippen molar-refractivity contribution >= 4 is 5.82 Å². The van der Waals surface area contributed by atoms with E-state index in [4.69, 9.17) is 5.73 Å². The second-order valence-corrected chi connectivity index (χ2v) is 5.82. The molecule has 0 bridgehead atoms.